The van der Waals surface area contributed by atoms with Crippen LogP contribution in [0.4, 0.5) is 26.3 Å². The van der Waals surface area contributed by atoms with E-state index < -0.39 is 67.2 Å². The van der Waals surface area contributed by atoms with Gasteiger partial charge in [-0.2, -0.15) is 21.0 Å². The Hall–Kier alpha value is -3.44. The third kappa shape index (κ3) is 3.80. The van der Waals surface area contributed by atoms with Crippen LogP contribution in [0.3, 0.4) is 0 Å². The van der Waals surface area contributed by atoms with Crippen LogP contribution in [-0.2, 0) is 0 Å². The first-order valence-electron chi connectivity index (χ1n) is 6.41. The van der Waals surface area contributed by atoms with Crippen LogP contribution in [0.2, 0.25) is 10.0 Å². The molecule has 0 fully saturated rings. The highest BCUT2D eigenvalue weighted by Crippen LogP contribution is 2.28. The lowest BCUT2D eigenvalue weighted by molar-refractivity contribution is 0.534. The SMILES string of the molecule is N#Cc1c(F)c(Cl)c(F)c(C#N)c1F.N#Cc1c(F)c(Cl)c(F)c(C#N)c1F. The molecular formula is C16Cl2F6N4. The monoisotopic (exact) mass is 432 g/mol. The van der Waals surface area contributed by atoms with Crippen molar-refractivity contribution in [2.45, 2.75) is 0 Å². The standard InChI is InChI=1S/2C8ClF3N2/c2*9-5-7(11)3(1-13)6(10)4(2-14)8(5)12. The summed E-state index contributed by atoms with van der Waals surface area (Å²) in [5.74, 6) is -9.05. The van der Waals surface area contributed by atoms with Crippen molar-refractivity contribution < 1.29 is 26.3 Å². The highest BCUT2D eigenvalue weighted by molar-refractivity contribution is 6.31. The first kappa shape index (κ1) is 22.6. The Balaban J connectivity index is 0.000000280. The van der Waals surface area contributed by atoms with E-state index in [2.05, 4.69) is 0 Å². The Bertz CT molecular complexity index is 979. The largest absolute Gasteiger partial charge is 0.204 e. The van der Waals surface area contributed by atoms with Gasteiger partial charge < -0.3 is 0 Å². The summed E-state index contributed by atoms with van der Waals surface area (Å²) in [6.07, 6.45) is 0. The maximum absolute atomic E-state index is 13.0. The molecule has 0 aromatic heterocycles. The fourth-order valence-corrected chi connectivity index (χ4v) is 2.04. The van der Waals surface area contributed by atoms with Crippen LogP contribution in [0.25, 0.3) is 0 Å². The lowest BCUT2D eigenvalue weighted by Gasteiger charge is -2.02. The van der Waals surface area contributed by atoms with Crippen molar-refractivity contribution >= 4 is 23.2 Å². The van der Waals surface area contributed by atoms with Crippen LogP contribution in [0, 0.1) is 80.2 Å². The lowest BCUT2D eigenvalue weighted by atomic mass is 10.1. The number of nitriles is 4. The van der Waals surface area contributed by atoms with Crippen molar-refractivity contribution in [2.75, 3.05) is 0 Å². The minimum atomic E-state index is -1.53. The first-order chi connectivity index (χ1) is 13.1. The number of benzene rings is 2. The van der Waals surface area contributed by atoms with Gasteiger partial charge in [0.05, 0.1) is 0 Å². The summed E-state index contributed by atoms with van der Waals surface area (Å²) in [6, 6.07) is 4.62. The van der Waals surface area contributed by atoms with E-state index in [0.717, 1.165) is 24.3 Å². The zero-order chi connectivity index (χ0) is 21.8. The summed E-state index contributed by atoms with van der Waals surface area (Å²) in [6.45, 7) is 0. The predicted octanol–water partition coefficient (Wildman–Crippen LogP) is 5.00. The quantitative estimate of drug-likeness (QED) is 0.332. The van der Waals surface area contributed by atoms with E-state index in [1.54, 1.807) is 0 Å². The van der Waals surface area contributed by atoms with Gasteiger partial charge in [0, 0.05) is 0 Å². The Morgan fingerprint density at radius 3 is 0.750 bits per heavy atom. The summed E-state index contributed by atoms with van der Waals surface area (Å²) in [4.78, 5) is 0. The van der Waals surface area contributed by atoms with E-state index in [1.165, 1.54) is 0 Å². The molecule has 0 spiro atoms. The first-order valence-corrected chi connectivity index (χ1v) is 7.16. The molecule has 0 N–H and O–H groups in total. The van der Waals surface area contributed by atoms with Gasteiger partial charge in [0.2, 0.25) is 0 Å². The average Bonchev–Trinajstić information content (AvgIpc) is 2.67. The van der Waals surface area contributed by atoms with Gasteiger partial charge in [-0.1, -0.05) is 23.2 Å². The molecule has 0 aliphatic heterocycles. The van der Waals surface area contributed by atoms with Crippen LogP contribution in [0.15, 0.2) is 0 Å². The van der Waals surface area contributed by atoms with Crippen LogP contribution in [-0.4, -0.2) is 0 Å². The summed E-state index contributed by atoms with van der Waals surface area (Å²) in [5.41, 5.74) is -4.25. The summed E-state index contributed by atoms with van der Waals surface area (Å²) in [5, 5.41) is 31.1. The van der Waals surface area contributed by atoms with E-state index in [-0.39, 0.29) is 0 Å². The fourth-order valence-electron chi connectivity index (χ4n) is 1.66. The summed E-state index contributed by atoms with van der Waals surface area (Å²) in [7, 11) is 0. The van der Waals surface area contributed by atoms with E-state index >= 15 is 0 Å². The van der Waals surface area contributed by atoms with Crippen LogP contribution >= 0.6 is 23.2 Å². The molecule has 0 aliphatic rings. The summed E-state index contributed by atoms with van der Waals surface area (Å²) >= 11 is 10.2. The van der Waals surface area contributed by atoms with Gasteiger partial charge in [-0.3, -0.25) is 0 Å². The van der Waals surface area contributed by atoms with Crippen molar-refractivity contribution in [1.82, 2.24) is 0 Å². The predicted molar refractivity (Wildman–Crippen MR) is 81.5 cm³/mol. The zero-order valence-corrected chi connectivity index (χ0v) is 14.3. The highest BCUT2D eigenvalue weighted by Gasteiger charge is 2.24. The molecule has 140 valence electrons. The van der Waals surface area contributed by atoms with Crippen molar-refractivity contribution in [3.63, 3.8) is 0 Å². The number of hydrogen-bond donors (Lipinski definition) is 0. The second-order valence-corrected chi connectivity index (χ2v) is 5.22. The number of halogens is 8. The molecule has 0 saturated heterocycles. The van der Waals surface area contributed by atoms with Gasteiger partial charge in [0.15, 0.2) is 34.9 Å². The van der Waals surface area contributed by atoms with Gasteiger partial charge in [-0.15, -0.1) is 0 Å². The normalized spacial score (nSPS) is 9.29. The lowest BCUT2D eigenvalue weighted by Crippen LogP contribution is -2.00. The molecular weight excluding hydrogens is 433 g/mol. The maximum atomic E-state index is 13.0. The molecule has 28 heavy (non-hydrogen) atoms. The average molecular weight is 433 g/mol. The highest BCUT2D eigenvalue weighted by atomic mass is 35.5. The topological polar surface area (TPSA) is 95.2 Å². The number of nitrogens with zero attached hydrogens (tertiary/aromatic N) is 4. The van der Waals surface area contributed by atoms with Crippen molar-refractivity contribution in [3.8, 4) is 24.3 Å². The molecule has 2 aromatic rings. The van der Waals surface area contributed by atoms with Gasteiger partial charge in [0.1, 0.15) is 56.6 Å². The van der Waals surface area contributed by atoms with Crippen molar-refractivity contribution in [3.05, 3.63) is 67.2 Å². The van der Waals surface area contributed by atoms with Gasteiger partial charge in [-0.25, -0.2) is 26.3 Å². The molecule has 0 saturated carbocycles. The molecule has 0 aliphatic carbocycles. The van der Waals surface area contributed by atoms with E-state index in [9.17, 15) is 26.3 Å². The minimum Gasteiger partial charge on any atom is -0.204 e. The molecule has 0 heterocycles. The second kappa shape index (κ2) is 8.97. The minimum absolute atomic E-state index is 1.06. The van der Waals surface area contributed by atoms with Gasteiger partial charge >= 0.3 is 0 Å². The van der Waals surface area contributed by atoms with Crippen molar-refractivity contribution in [2.24, 2.45) is 0 Å². The Morgan fingerprint density at radius 1 is 0.429 bits per heavy atom. The van der Waals surface area contributed by atoms with Crippen LogP contribution in [0.1, 0.15) is 22.3 Å². The second-order valence-electron chi connectivity index (χ2n) is 4.46. The van der Waals surface area contributed by atoms with Crippen LogP contribution in [0.5, 0.6) is 0 Å². The molecule has 0 radical (unpaired) electrons. The zero-order valence-electron chi connectivity index (χ0n) is 12.8. The third-order valence-electron chi connectivity index (χ3n) is 2.97. The molecule has 4 nitrogen and oxygen atoms in total. The molecule has 0 unspecified atom stereocenters. The Morgan fingerprint density at radius 2 is 0.607 bits per heavy atom. The van der Waals surface area contributed by atoms with Crippen LogP contribution < -0.4 is 0 Å². The maximum Gasteiger partial charge on any atom is 0.165 e. The third-order valence-corrected chi connectivity index (χ3v) is 3.64. The van der Waals surface area contributed by atoms with Gasteiger partial charge in [0.25, 0.3) is 0 Å². The Labute approximate surface area is 162 Å². The number of hydrogen-bond acceptors (Lipinski definition) is 4. The van der Waals surface area contributed by atoms with E-state index in [1.807, 2.05) is 0 Å². The smallest absolute Gasteiger partial charge is 0.165 e. The molecule has 2 aromatic carbocycles. The van der Waals surface area contributed by atoms with Gasteiger partial charge in [-0.05, 0) is 0 Å². The summed E-state index contributed by atoms with van der Waals surface area (Å²) < 4.78 is 77.6. The van der Waals surface area contributed by atoms with E-state index in [4.69, 9.17) is 44.2 Å². The molecule has 0 amide bonds. The molecule has 2 rings (SSSR count). The molecule has 0 bridgehead atoms. The Kier molecular flexibility index (Phi) is 7.24. The fraction of sp³-hybridized carbons (Fsp3) is 0. The number of rotatable bonds is 0. The van der Waals surface area contributed by atoms with Crippen molar-refractivity contribution in [1.29, 1.82) is 21.0 Å². The van der Waals surface area contributed by atoms with E-state index in [0.29, 0.717) is 0 Å². The molecule has 12 heteroatoms. The molecule has 0 atom stereocenters.